The van der Waals surface area contributed by atoms with E-state index in [-0.39, 0.29) is 17.6 Å². The lowest BCUT2D eigenvalue weighted by Gasteiger charge is -2.21. The minimum atomic E-state index is -0.427. The van der Waals surface area contributed by atoms with E-state index < -0.39 is 6.04 Å². The van der Waals surface area contributed by atoms with E-state index in [0.29, 0.717) is 41.5 Å². The largest absolute Gasteiger partial charge is 0.490 e. The fourth-order valence-corrected chi connectivity index (χ4v) is 3.62. The molecule has 1 heterocycles. The van der Waals surface area contributed by atoms with Gasteiger partial charge in [-0.25, -0.2) is 0 Å². The summed E-state index contributed by atoms with van der Waals surface area (Å²) in [6, 6.07) is 5.31. The van der Waals surface area contributed by atoms with Gasteiger partial charge in [-0.05, 0) is 71.7 Å². The van der Waals surface area contributed by atoms with Crippen molar-refractivity contribution in [3.8, 4) is 11.5 Å². The lowest BCUT2D eigenvalue weighted by molar-refractivity contribution is 0.0940. The number of Topliss-reactive ketones (excluding diaryl/α,β-unsaturated/α-hetero) is 2. The molecule has 0 fully saturated rings. The Morgan fingerprint density at radius 1 is 1.07 bits per heavy atom. The smallest absolute Gasteiger partial charge is 0.195 e. The molecule has 29 heavy (non-hydrogen) atoms. The minimum Gasteiger partial charge on any atom is -0.490 e. The van der Waals surface area contributed by atoms with Crippen LogP contribution in [0.15, 0.2) is 18.2 Å². The Morgan fingerprint density at radius 2 is 1.69 bits per heavy atom. The zero-order valence-corrected chi connectivity index (χ0v) is 18.4. The number of rotatable bonds is 10. The molecule has 0 saturated heterocycles. The third-order valence-electron chi connectivity index (χ3n) is 5.00. The van der Waals surface area contributed by atoms with Crippen LogP contribution in [0.1, 0.15) is 78.3 Å². The van der Waals surface area contributed by atoms with Crippen LogP contribution in [0.2, 0.25) is 0 Å². The molecule has 0 spiro atoms. The lowest BCUT2D eigenvalue weighted by Crippen LogP contribution is -2.36. The van der Waals surface area contributed by atoms with Crippen molar-refractivity contribution in [2.75, 3.05) is 13.2 Å². The number of hydrogen-bond donors (Lipinski definition) is 2. The Balaban J connectivity index is 2.19. The number of benzene rings is 1. The van der Waals surface area contributed by atoms with Gasteiger partial charge in [0.2, 0.25) is 0 Å². The normalized spacial score (nSPS) is 13.1. The molecule has 158 valence electrons. The molecule has 0 amide bonds. The van der Waals surface area contributed by atoms with Crippen molar-refractivity contribution in [2.24, 2.45) is 0 Å². The first-order valence-electron chi connectivity index (χ1n) is 10.1. The van der Waals surface area contributed by atoms with Gasteiger partial charge in [-0.1, -0.05) is 6.07 Å². The fourth-order valence-electron chi connectivity index (χ4n) is 3.62. The number of nitrogens with one attached hydrogen (secondary N) is 2. The highest BCUT2D eigenvalue weighted by molar-refractivity contribution is 6.05. The minimum absolute atomic E-state index is 0.0397. The van der Waals surface area contributed by atoms with Gasteiger partial charge in [0.15, 0.2) is 23.1 Å². The van der Waals surface area contributed by atoms with Crippen LogP contribution in [-0.2, 0) is 0 Å². The van der Waals surface area contributed by atoms with E-state index in [1.54, 1.807) is 0 Å². The van der Waals surface area contributed by atoms with Gasteiger partial charge >= 0.3 is 0 Å². The molecule has 0 aliphatic carbocycles. The average Bonchev–Trinajstić information content (AvgIpc) is 2.97. The van der Waals surface area contributed by atoms with E-state index in [1.165, 1.54) is 6.92 Å². The Hall–Kier alpha value is -2.60. The maximum atomic E-state index is 13.0. The van der Waals surface area contributed by atoms with Gasteiger partial charge in [-0.15, -0.1) is 0 Å². The SMILES string of the molecule is CCOc1ccc([C@H](C)N[C@H](C)C(=O)c2[nH]c(C)c(C(C)=O)c2C)cc1OCC. The highest BCUT2D eigenvalue weighted by Gasteiger charge is 2.25. The van der Waals surface area contributed by atoms with Crippen LogP contribution in [0.25, 0.3) is 0 Å². The number of H-pyrrole nitrogens is 1. The number of carbonyl (C=O) groups is 2. The summed E-state index contributed by atoms with van der Waals surface area (Å²) in [7, 11) is 0. The molecule has 1 aromatic carbocycles. The van der Waals surface area contributed by atoms with Crippen LogP contribution in [0.5, 0.6) is 11.5 Å². The standard InChI is InChI=1S/C23H32N2O4/c1-8-28-19-11-10-18(12-20(19)29-9-2)14(4)24-16(6)23(27)22-13(3)21(17(7)26)15(5)25-22/h10-12,14,16,24-25H,8-9H2,1-7H3/t14-,16+/m0/s1. The van der Waals surface area contributed by atoms with Crippen molar-refractivity contribution in [1.82, 2.24) is 10.3 Å². The molecular formula is C23H32N2O4. The molecule has 2 N–H and O–H groups in total. The highest BCUT2D eigenvalue weighted by Crippen LogP contribution is 2.31. The summed E-state index contributed by atoms with van der Waals surface area (Å²) >= 11 is 0. The number of ketones is 2. The third kappa shape index (κ3) is 5.07. The van der Waals surface area contributed by atoms with Crippen LogP contribution in [0, 0.1) is 13.8 Å². The first kappa shape index (κ1) is 22.7. The van der Waals surface area contributed by atoms with Crippen LogP contribution in [-0.4, -0.2) is 35.8 Å². The molecule has 0 unspecified atom stereocenters. The second-order valence-electron chi connectivity index (χ2n) is 7.23. The van der Waals surface area contributed by atoms with Gasteiger partial charge in [0, 0.05) is 17.3 Å². The molecule has 0 aliphatic heterocycles. The maximum absolute atomic E-state index is 13.0. The van der Waals surface area contributed by atoms with Crippen molar-refractivity contribution in [3.05, 3.63) is 46.3 Å². The number of carbonyl (C=O) groups excluding carboxylic acids is 2. The summed E-state index contributed by atoms with van der Waals surface area (Å²) < 4.78 is 11.3. The molecule has 0 bridgehead atoms. The third-order valence-corrected chi connectivity index (χ3v) is 5.00. The van der Waals surface area contributed by atoms with Crippen LogP contribution in [0.3, 0.4) is 0 Å². The predicted molar refractivity (Wildman–Crippen MR) is 114 cm³/mol. The van der Waals surface area contributed by atoms with E-state index in [2.05, 4.69) is 10.3 Å². The van der Waals surface area contributed by atoms with E-state index >= 15 is 0 Å². The molecular weight excluding hydrogens is 368 g/mol. The molecule has 6 nitrogen and oxygen atoms in total. The summed E-state index contributed by atoms with van der Waals surface area (Å²) in [5.74, 6) is 1.30. The van der Waals surface area contributed by atoms with Crippen LogP contribution < -0.4 is 14.8 Å². The zero-order chi connectivity index (χ0) is 21.7. The highest BCUT2D eigenvalue weighted by atomic mass is 16.5. The van der Waals surface area contributed by atoms with Gasteiger partial charge in [0.1, 0.15) is 0 Å². The van der Waals surface area contributed by atoms with Gasteiger partial charge in [0.05, 0.1) is 24.9 Å². The van der Waals surface area contributed by atoms with Crippen molar-refractivity contribution < 1.29 is 19.1 Å². The second-order valence-corrected chi connectivity index (χ2v) is 7.23. The monoisotopic (exact) mass is 400 g/mol. The summed E-state index contributed by atoms with van der Waals surface area (Å²) in [5.41, 5.74) is 3.52. The number of aryl methyl sites for hydroxylation is 1. The maximum Gasteiger partial charge on any atom is 0.195 e. The lowest BCUT2D eigenvalue weighted by atomic mass is 10.0. The van der Waals surface area contributed by atoms with E-state index in [4.69, 9.17) is 9.47 Å². The summed E-state index contributed by atoms with van der Waals surface area (Å²) in [6.45, 7) is 14.0. The predicted octanol–water partition coefficient (Wildman–Crippen LogP) is 4.55. The molecule has 6 heteroatoms. The summed E-state index contributed by atoms with van der Waals surface area (Å²) in [6.07, 6.45) is 0. The van der Waals surface area contributed by atoms with Crippen LogP contribution in [0.4, 0.5) is 0 Å². The first-order chi connectivity index (χ1) is 13.7. The van der Waals surface area contributed by atoms with Crippen molar-refractivity contribution >= 4 is 11.6 Å². The molecule has 1 aromatic heterocycles. The average molecular weight is 401 g/mol. The zero-order valence-electron chi connectivity index (χ0n) is 18.4. The number of aromatic nitrogens is 1. The molecule has 0 saturated carbocycles. The fraction of sp³-hybridized carbons (Fsp3) is 0.478. The first-order valence-corrected chi connectivity index (χ1v) is 10.1. The molecule has 2 rings (SSSR count). The summed E-state index contributed by atoms with van der Waals surface area (Å²) in [5, 5.41) is 3.35. The number of hydrogen-bond acceptors (Lipinski definition) is 5. The van der Waals surface area contributed by atoms with E-state index in [9.17, 15) is 9.59 Å². The molecule has 2 atom stereocenters. The van der Waals surface area contributed by atoms with Gasteiger partial charge in [-0.3, -0.25) is 9.59 Å². The summed E-state index contributed by atoms with van der Waals surface area (Å²) in [4.78, 5) is 27.9. The number of ether oxygens (including phenoxy) is 2. The van der Waals surface area contributed by atoms with Crippen molar-refractivity contribution in [1.29, 1.82) is 0 Å². The Kier molecular flexibility index (Phi) is 7.62. The molecule has 0 radical (unpaired) electrons. The van der Waals surface area contributed by atoms with E-state index in [1.807, 2.05) is 59.7 Å². The Bertz CT molecular complexity index is 885. The molecule has 2 aromatic rings. The Morgan fingerprint density at radius 3 is 2.24 bits per heavy atom. The van der Waals surface area contributed by atoms with Crippen molar-refractivity contribution in [2.45, 2.75) is 60.5 Å². The second kappa shape index (κ2) is 9.74. The Labute approximate surface area is 173 Å². The van der Waals surface area contributed by atoms with Gasteiger partial charge in [0.25, 0.3) is 0 Å². The van der Waals surface area contributed by atoms with Gasteiger partial charge in [-0.2, -0.15) is 0 Å². The van der Waals surface area contributed by atoms with Crippen molar-refractivity contribution in [3.63, 3.8) is 0 Å². The number of aromatic amines is 1. The van der Waals surface area contributed by atoms with Crippen LogP contribution >= 0.6 is 0 Å². The molecule has 0 aliphatic rings. The topological polar surface area (TPSA) is 80.4 Å². The quantitative estimate of drug-likeness (QED) is 0.572. The van der Waals surface area contributed by atoms with E-state index in [0.717, 1.165) is 11.3 Å². The van der Waals surface area contributed by atoms with Gasteiger partial charge < -0.3 is 19.8 Å².